The molecule has 1 saturated heterocycles. The quantitative estimate of drug-likeness (QED) is 0.551. The number of aliphatic imine (C=N–C) groups is 1. The zero-order chi connectivity index (χ0) is 18.1. The number of non-ortho nitro benzene ring substituents is 1. The first-order valence-corrected chi connectivity index (χ1v) is 7.52. The average molecular weight is 344 g/mol. The van der Waals surface area contributed by atoms with Crippen LogP contribution < -0.4 is 16.1 Å². The number of nitro benzene ring substituents is 1. The predicted octanol–water partition coefficient (Wildman–Crippen LogP) is 0.849. The van der Waals surface area contributed by atoms with Gasteiger partial charge in [0.15, 0.2) is 0 Å². The number of nitrogens with one attached hydrogen (secondary N) is 3. The number of carbonyl (C=O) groups excluding carboxylic acids is 2. The van der Waals surface area contributed by atoms with Crippen LogP contribution in [-0.2, 0) is 9.59 Å². The summed E-state index contributed by atoms with van der Waals surface area (Å²) in [5, 5.41) is 17.5. The molecule has 0 radical (unpaired) electrons. The molecule has 1 aromatic carbocycles. The van der Waals surface area contributed by atoms with Gasteiger partial charge >= 0.3 is 0 Å². The molecule has 0 saturated carbocycles. The zero-order valence-corrected chi connectivity index (χ0v) is 13.6. The number of anilines is 1. The second-order valence-corrected chi connectivity index (χ2v) is 5.83. The van der Waals surface area contributed by atoms with Crippen molar-refractivity contribution in [1.29, 1.82) is 0 Å². The van der Waals surface area contributed by atoms with E-state index in [1.54, 1.807) is 6.07 Å². The molecule has 10 heteroatoms. The summed E-state index contributed by atoms with van der Waals surface area (Å²) in [5.41, 5.74) is 4.03. The molecule has 2 amide bonds. The van der Waals surface area contributed by atoms with Crippen LogP contribution in [0.1, 0.15) is 20.3 Å². The van der Waals surface area contributed by atoms with E-state index in [0.29, 0.717) is 5.82 Å². The predicted molar refractivity (Wildman–Crippen MR) is 89.1 cm³/mol. The van der Waals surface area contributed by atoms with Crippen LogP contribution in [0, 0.1) is 10.1 Å². The monoisotopic (exact) mass is 344 g/mol. The van der Waals surface area contributed by atoms with E-state index >= 15 is 0 Å². The first-order chi connectivity index (χ1) is 11.8. The van der Waals surface area contributed by atoms with Crippen molar-refractivity contribution in [1.82, 2.24) is 15.8 Å². The molecule has 25 heavy (non-hydrogen) atoms. The molecule has 2 heterocycles. The van der Waals surface area contributed by atoms with Crippen LogP contribution in [0.15, 0.2) is 40.7 Å². The van der Waals surface area contributed by atoms with E-state index in [4.69, 9.17) is 0 Å². The molecule has 1 aromatic rings. The lowest BCUT2D eigenvalue weighted by Crippen LogP contribution is -2.61. The topological polar surface area (TPSA) is 129 Å². The molecule has 10 nitrogen and oxygen atoms in total. The molecule has 0 aliphatic carbocycles. The van der Waals surface area contributed by atoms with E-state index in [2.05, 4.69) is 21.1 Å². The lowest BCUT2D eigenvalue weighted by molar-refractivity contribution is -0.384. The molecule has 0 spiro atoms. The standard InChI is InChI=1S/C15H16N6O4/c1-8(2)13-18-15-17-12(22)7-11(20(15)19-13)14(23)16-9-4-3-5-10(6-9)21(24)25/h3-6,11,19H,7H2,1-2H3,(H,16,23)(H,17,18,22). The highest BCUT2D eigenvalue weighted by molar-refractivity contribution is 6.07. The van der Waals surface area contributed by atoms with Crippen molar-refractivity contribution in [3.05, 3.63) is 45.8 Å². The fourth-order valence-electron chi connectivity index (χ4n) is 2.46. The maximum absolute atomic E-state index is 12.6. The van der Waals surface area contributed by atoms with Crippen LogP contribution >= 0.6 is 0 Å². The van der Waals surface area contributed by atoms with Crippen molar-refractivity contribution >= 4 is 29.1 Å². The summed E-state index contributed by atoms with van der Waals surface area (Å²) in [6, 6.07) is 4.78. The normalized spacial score (nSPS) is 18.7. The zero-order valence-electron chi connectivity index (χ0n) is 13.6. The van der Waals surface area contributed by atoms with Crippen molar-refractivity contribution in [2.75, 3.05) is 5.32 Å². The van der Waals surface area contributed by atoms with E-state index in [1.807, 2.05) is 13.8 Å². The fourth-order valence-corrected chi connectivity index (χ4v) is 2.46. The van der Waals surface area contributed by atoms with Gasteiger partial charge in [-0.1, -0.05) is 6.07 Å². The third-order valence-corrected chi connectivity index (χ3v) is 3.71. The number of fused-ring (bicyclic) bond motifs is 1. The third-order valence-electron chi connectivity index (χ3n) is 3.71. The number of rotatable bonds is 3. The minimum atomic E-state index is -0.830. The van der Waals surface area contributed by atoms with Gasteiger partial charge in [0.2, 0.25) is 17.8 Å². The SMILES string of the molecule is CC(C)=C1N=C2NC(=O)CC(C(=O)Nc3cccc([N+](=O)[O-])c3)N2N1. The Morgan fingerprint density at radius 2 is 2.20 bits per heavy atom. The minimum absolute atomic E-state index is 0.0666. The molecular weight excluding hydrogens is 328 g/mol. The molecule has 0 aromatic heterocycles. The fraction of sp³-hybridized carbons (Fsp3) is 0.267. The van der Waals surface area contributed by atoms with Crippen molar-refractivity contribution in [2.24, 2.45) is 4.99 Å². The van der Waals surface area contributed by atoms with Gasteiger partial charge in [-0.25, -0.2) is 5.01 Å². The van der Waals surface area contributed by atoms with Gasteiger partial charge in [-0.2, -0.15) is 4.99 Å². The lowest BCUT2D eigenvalue weighted by Gasteiger charge is -2.32. The summed E-state index contributed by atoms with van der Waals surface area (Å²) in [7, 11) is 0. The molecule has 2 aliphatic heterocycles. The second kappa shape index (κ2) is 6.23. The van der Waals surface area contributed by atoms with Crippen molar-refractivity contribution in [3.8, 4) is 0 Å². The van der Waals surface area contributed by atoms with Gasteiger partial charge in [0, 0.05) is 17.8 Å². The van der Waals surface area contributed by atoms with E-state index in [0.717, 1.165) is 5.57 Å². The third kappa shape index (κ3) is 3.27. The van der Waals surface area contributed by atoms with Gasteiger partial charge in [0.25, 0.3) is 5.69 Å². The Bertz CT molecular complexity index is 827. The van der Waals surface area contributed by atoms with Crippen molar-refractivity contribution < 1.29 is 14.5 Å². The lowest BCUT2D eigenvalue weighted by atomic mass is 10.1. The summed E-state index contributed by atoms with van der Waals surface area (Å²) in [4.78, 5) is 39.0. The minimum Gasteiger partial charge on any atom is -0.324 e. The van der Waals surface area contributed by atoms with E-state index in [-0.39, 0.29) is 29.7 Å². The Balaban J connectivity index is 1.81. The summed E-state index contributed by atoms with van der Waals surface area (Å²) in [5.74, 6) is 0.0218. The Kier molecular flexibility index (Phi) is 4.09. The molecule has 130 valence electrons. The van der Waals surface area contributed by atoms with Crippen LogP contribution in [0.25, 0.3) is 0 Å². The molecule has 1 unspecified atom stereocenters. The van der Waals surface area contributed by atoms with E-state index in [9.17, 15) is 19.7 Å². The van der Waals surface area contributed by atoms with Gasteiger partial charge in [0.05, 0.1) is 11.3 Å². The molecule has 1 atom stereocenters. The summed E-state index contributed by atoms with van der Waals surface area (Å²) < 4.78 is 0. The van der Waals surface area contributed by atoms with Crippen LogP contribution in [-0.4, -0.2) is 33.7 Å². The summed E-state index contributed by atoms with van der Waals surface area (Å²) in [6.45, 7) is 3.70. The largest absolute Gasteiger partial charge is 0.324 e. The molecule has 0 bridgehead atoms. The number of carbonyl (C=O) groups is 2. The van der Waals surface area contributed by atoms with Gasteiger partial charge < -0.3 is 5.32 Å². The second-order valence-electron chi connectivity index (χ2n) is 5.83. The molecule has 3 rings (SSSR count). The van der Waals surface area contributed by atoms with Gasteiger partial charge in [-0.3, -0.25) is 30.4 Å². The Morgan fingerprint density at radius 1 is 1.44 bits per heavy atom. The number of nitro groups is 1. The van der Waals surface area contributed by atoms with Gasteiger partial charge in [-0.05, 0) is 25.5 Å². The van der Waals surface area contributed by atoms with Crippen LogP contribution in [0.3, 0.4) is 0 Å². The highest BCUT2D eigenvalue weighted by atomic mass is 16.6. The molecular formula is C15H16N6O4. The number of amides is 2. The number of guanidine groups is 1. The van der Waals surface area contributed by atoms with Gasteiger partial charge in [-0.15, -0.1) is 0 Å². The number of allylic oxidation sites excluding steroid dienone is 1. The highest BCUT2D eigenvalue weighted by Gasteiger charge is 2.39. The van der Waals surface area contributed by atoms with Crippen LogP contribution in [0.2, 0.25) is 0 Å². The molecule has 1 fully saturated rings. The molecule has 2 aliphatic rings. The maximum atomic E-state index is 12.6. The van der Waals surface area contributed by atoms with Crippen molar-refractivity contribution in [2.45, 2.75) is 26.3 Å². The number of nitrogens with zero attached hydrogens (tertiary/aromatic N) is 3. The van der Waals surface area contributed by atoms with Gasteiger partial charge in [0.1, 0.15) is 11.9 Å². The summed E-state index contributed by atoms with van der Waals surface area (Å²) >= 11 is 0. The number of hydrogen-bond donors (Lipinski definition) is 3. The Morgan fingerprint density at radius 3 is 2.88 bits per heavy atom. The maximum Gasteiger partial charge on any atom is 0.271 e. The summed E-state index contributed by atoms with van der Waals surface area (Å²) in [6.07, 6.45) is -0.0666. The van der Waals surface area contributed by atoms with Crippen LogP contribution in [0.4, 0.5) is 11.4 Å². The van der Waals surface area contributed by atoms with E-state index in [1.165, 1.54) is 23.2 Å². The van der Waals surface area contributed by atoms with Crippen LogP contribution in [0.5, 0.6) is 0 Å². The number of benzene rings is 1. The first kappa shape index (κ1) is 16.4. The highest BCUT2D eigenvalue weighted by Crippen LogP contribution is 2.21. The average Bonchev–Trinajstić information content (AvgIpc) is 2.98. The molecule has 3 N–H and O–H groups in total. The smallest absolute Gasteiger partial charge is 0.271 e. The Labute approximate surface area is 142 Å². The van der Waals surface area contributed by atoms with Crippen molar-refractivity contribution in [3.63, 3.8) is 0 Å². The number of hydrogen-bond acceptors (Lipinski definition) is 7. The van der Waals surface area contributed by atoms with E-state index < -0.39 is 16.9 Å². The first-order valence-electron chi connectivity index (χ1n) is 7.52. The number of hydrazine groups is 1. The Hall–Kier alpha value is -3.43.